The molecule has 2 amide bonds. The molecule has 1 aromatic rings. The van der Waals surface area contributed by atoms with Gasteiger partial charge in [-0.2, -0.15) is 8.42 Å². The van der Waals surface area contributed by atoms with Crippen LogP contribution in [0.2, 0.25) is 0 Å². The second-order valence-electron chi connectivity index (χ2n) is 11.4. The number of carbonyl (C=O) groups excluding carboxylic acids is 2. The molecular formula is C27H36F2N4O6S. The van der Waals surface area contributed by atoms with Crippen LogP contribution >= 0.6 is 0 Å². The van der Waals surface area contributed by atoms with Gasteiger partial charge in [0.05, 0.1) is 5.70 Å². The number of benzene rings is 1. The summed E-state index contributed by atoms with van der Waals surface area (Å²) in [4.78, 5) is 29.9. The lowest BCUT2D eigenvalue weighted by Crippen LogP contribution is -2.59. The minimum atomic E-state index is -5.16. The molecular weight excluding hydrogens is 546 g/mol. The number of rotatable bonds is 7. The number of likely N-dealkylation sites (N-methyl/N-ethyl adjacent to an activating group) is 1. The van der Waals surface area contributed by atoms with Crippen LogP contribution < -0.4 is 14.8 Å². The van der Waals surface area contributed by atoms with Gasteiger partial charge in [0.1, 0.15) is 22.7 Å². The second-order valence-corrected chi connectivity index (χ2v) is 12.4. The normalized spacial score (nSPS) is 25.6. The lowest BCUT2D eigenvalue weighted by atomic mass is 9.78. The van der Waals surface area contributed by atoms with Gasteiger partial charge in [-0.05, 0) is 72.2 Å². The Labute approximate surface area is 233 Å². The van der Waals surface area contributed by atoms with Crippen molar-refractivity contribution < 1.29 is 35.2 Å². The van der Waals surface area contributed by atoms with E-state index in [1.165, 1.54) is 29.2 Å². The van der Waals surface area contributed by atoms with Crippen molar-refractivity contribution in [3.63, 3.8) is 0 Å². The van der Waals surface area contributed by atoms with Gasteiger partial charge in [0.25, 0.3) is 0 Å². The van der Waals surface area contributed by atoms with Crippen molar-refractivity contribution in [3.05, 3.63) is 47.6 Å². The quantitative estimate of drug-likeness (QED) is 0.455. The number of nitrogens with zero attached hydrogens (tertiary/aromatic N) is 2. The van der Waals surface area contributed by atoms with E-state index in [2.05, 4.69) is 14.8 Å². The van der Waals surface area contributed by atoms with E-state index in [4.69, 9.17) is 4.74 Å². The van der Waals surface area contributed by atoms with Crippen molar-refractivity contribution in [2.24, 2.45) is 5.92 Å². The second kappa shape index (κ2) is 11.0. The lowest BCUT2D eigenvalue weighted by Gasteiger charge is -2.45. The van der Waals surface area contributed by atoms with Gasteiger partial charge in [-0.25, -0.2) is 9.18 Å². The SMILES string of the molecule is CCN(C(=O)OC(C)(C)C)C1=C2NC(=O)C(C)(N3CCC[C@@H](Nc4cccc(OS(=O)(=O)F)c4)C3)C2CC(F)=C1. The molecule has 0 saturated carbocycles. The molecule has 2 unspecified atom stereocenters. The van der Waals surface area contributed by atoms with Gasteiger partial charge >= 0.3 is 16.6 Å². The highest BCUT2D eigenvalue weighted by Crippen LogP contribution is 2.45. The number of fused-ring (bicyclic) bond motifs is 1. The van der Waals surface area contributed by atoms with Crippen LogP contribution in [0.1, 0.15) is 53.9 Å². The molecule has 3 atom stereocenters. The molecule has 1 aromatic carbocycles. The van der Waals surface area contributed by atoms with E-state index in [1.54, 1.807) is 40.7 Å². The van der Waals surface area contributed by atoms with Crippen LogP contribution in [0.25, 0.3) is 0 Å². The fourth-order valence-corrected chi connectivity index (χ4v) is 5.94. The Morgan fingerprint density at radius 2 is 2.05 bits per heavy atom. The minimum absolute atomic E-state index is 0.00559. The highest BCUT2D eigenvalue weighted by Gasteiger charge is 2.56. The zero-order chi connectivity index (χ0) is 29.5. The third-order valence-corrected chi connectivity index (χ3v) is 7.79. The molecule has 2 saturated heterocycles. The first-order valence-electron chi connectivity index (χ1n) is 13.3. The van der Waals surface area contributed by atoms with E-state index in [0.717, 1.165) is 12.8 Å². The number of allylic oxidation sites excluding steroid dienone is 2. The first-order chi connectivity index (χ1) is 18.6. The summed E-state index contributed by atoms with van der Waals surface area (Å²) in [6.07, 6.45) is 2.17. The molecule has 40 heavy (non-hydrogen) atoms. The number of hydrogen-bond donors (Lipinski definition) is 2. The molecule has 220 valence electrons. The maximum absolute atomic E-state index is 15.1. The Balaban J connectivity index is 1.58. The molecule has 0 spiro atoms. The van der Waals surface area contributed by atoms with Crippen LogP contribution in [0.5, 0.6) is 5.75 Å². The van der Waals surface area contributed by atoms with Crippen molar-refractivity contribution >= 4 is 28.2 Å². The summed E-state index contributed by atoms with van der Waals surface area (Å²) in [5, 5.41) is 6.26. The number of amides is 2. The lowest BCUT2D eigenvalue weighted by molar-refractivity contribution is -0.131. The van der Waals surface area contributed by atoms with Crippen molar-refractivity contribution in [1.29, 1.82) is 0 Å². The minimum Gasteiger partial charge on any atom is -0.443 e. The van der Waals surface area contributed by atoms with Gasteiger partial charge in [0.15, 0.2) is 0 Å². The van der Waals surface area contributed by atoms with Crippen LogP contribution in [0, 0.1) is 5.92 Å². The van der Waals surface area contributed by atoms with E-state index >= 15 is 4.39 Å². The molecule has 13 heteroatoms. The summed E-state index contributed by atoms with van der Waals surface area (Å²) < 4.78 is 59.7. The highest BCUT2D eigenvalue weighted by molar-refractivity contribution is 7.81. The van der Waals surface area contributed by atoms with Gasteiger partial charge in [-0.3, -0.25) is 14.6 Å². The van der Waals surface area contributed by atoms with Crippen LogP contribution in [-0.2, 0) is 20.0 Å². The van der Waals surface area contributed by atoms with Crippen LogP contribution in [0.15, 0.2) is 47.6 Å². The summed E-state index contributed by atoms with van der Waals surface area (Å²) in [7, 11) is -5.16. The zero-order valence-corrected chi connectivity index (χ0v) is 24.1. The number of piperidine rings is 1. The van der Waals surface area contributed by atoms with Crippen LogP contribution in [0.4, 0.5) is 18.8 Å². The number of ether oxygens (including phenoxy) is 1. The van der Waals surface area contributed by atoms with Gasteiger partial charge in [-0.1, -0.05) is 9.95 Å². The first kappa shape index (κ1) is 29.8. The third kappa shape index (κ3) is 6.41. The molecule has 0 aromatic heterocycles. The van der Waals surface area contributed by atoms with Crippen LogP contribution in [-0.4, -0.2) is 67.0 Å². The number of carbonyl (C=O) groups is 2. The highest BCUT2D eigenvalue weighted by atomic mass is 32.3. The largest absolute Gasteiger partial charge is 0.488 e. The van der Waals surface area contributed by atoms with E-state index in [-0.39, 0.29) is 36.4 Å². The summed E-state index contributed by atoms with van der Waals surface area (Å²) >= 11 is 0. The summed E-state index contributed by atoms with van der Waals surface area (Å²) in [5.41, 5.74) is -0.531. The van der Waals surface area contributed by atoms with Gasteiger partial charge in [0.2, 0.25) is 5.91 Å². The smallest absolute Gasteiger partial charge is 0.443 e. The first-order valence-corrected chi connectivity index (χ1v) is 14.6. The molecule has 4 rings (SSSR count). The molecule has 0 radical (unpaired) electrons. The van der Waals surface area contributed by atoms with E-state index in [0.29, 0.717) is 24.5 Å². The van der Waals surface area contributed by atoms with Crippen molar-refractivity contribution in [2.45, 2.75) is 71.1 Å². The van der Waals surface area contributed by atoms with E-state index < -0.39 is 39.5 Å². The van der Waals surface area contributed by atoms with Crippen molar-refractivity contribution in [1.82, 2.24) is 15.1 Å². The predicted octanol–water partition coefficient (Wildman–Crippen LogP) is 4.39. The van der Waals surface area contributed by atoms with Gasteiger partial charge in [0, 0.05) is 48.9 Å². The number of likely N-dealkylation sites (tertiary alicyclic amines) is 1. The maximum Gasteiger partial charge on any atom is 0.488 e. The summed E-state index contributed by atoms with van der Waals surface area (Å²) in [6, 6.07) is 5.80. The molecule has 2 aliphatic heterocycles. The number of hydrogen-bond acceptors (Lipinski definition) is 8. The molecule has 2 fully saturated rings. The van der Waals surface area contributed by atoms with E-state index in [9.17, 15) is 21.9 Å². The molecule has 3 aliphatic rings. The number of halogens is 2. The Morgan fingerprint density at radius 1 is 1.32 bits per heavy atom. The topological polar surface area (TPSA) is 117 Å². The number of nitrogens with one attached hydrogen (secondary N) is 2. The fraction of sp³-hybridized carbons (Fsp3) is 0.556. The Bertz CT molecular complexity index is 1340. The van der Waals surface area contributed by atoms with Crippen LogP contribution in [0.3, 0.4) is 0 Å². The standard InChI is InChI=1S/C27H36F2N4O6S/c1-6-33(25(35)38-26(2,3)4)22-14-17(28)13-21-23(22)31-24(34)27(21,5)32-12-8-10-19(16-32)30-18-9-7-11-20(15-18)39-40(29,36)37/h7,9,11,14-15,19,21,30H,6,8,10,12-13,16H2,1-5H3,(H,31,34)/t19-,21?,27?/m1/s1. The molecule has 2 N–H and O–H groups in total. The Kier molecular flexibility index (Phi) is 8.19. The van der Waals surface area contributed by atoms with E-state index in [1.807, 2.05) is 4.90 Å². The monoisotopic (exact) mass is 582 g/mol. The Hall–Kier alpha value is -3.19. The summed E-state index contributed by atoms with van der Waals surface area (Å²) in [5.74, 6) is -1.43. The molecule has 2 heterocycles. The molecule has 0 bridgehead atoms. The van der Waals surface area contributed by atoms with Crippen molar-refractivity contribution in [3.8, 4) is 5.75 Å². The number of anilines is 1. The predicted molar refractivity (Wildman–Crippen MR) is 145 cm³/mol. The third-order valence-electron chi connectivity index (χ3n) is 7.40. The summed E-state index contributed by atoms with van der Waals surface area (Å²) in [6.45, 7) is 10.0. The fourth-order valence-electron chi connectivity index (χ4n) is 5.61. The van der Waals surface area contributed by atoms with Gasteiger partial charge in [-0.15, -0.1) is 0 Å². The average molecular weight is 583 g/mol. The molecule has 10 nitrogen and oxygen atoms in total. The average Bonchev–Trinajstić information content (AvgIpc) is 3.09. The van der Waals surface area contributed by atoms with Crippen molar-refractivity contribution in [2.75, 3.05) is 25.0 Å². The Morgan fingerprint density at radius 3 is 2.70 bits per heavy atom. The molecule has 1 aliphatic carbocycles. The maximum atomic E-state index is 15.1. The zero-order valence-electron chi connectivity index (χ0n) is 23.3. The van der Waals surface area contributed by atoms with Gasteiger partial charge < -0.3 is 19.6 Å².